The highest BCUT2D eigenvalue weighted by molar-refractivity contribution is 5.95. The van der Waals surface area contributed by atoms with Gasteiger partial charge in [0.25, 0.3) is 0 Å². The molecule has 0 saturated heterocycles. The van der Waals surface area contributed by atoms with E-state index in [1.807, 2.05) is 14.1 Å². The third-order valence-electron chi connectivity index (χ3n) is 3.12. The molecule has 7 heteroatoms. The maximum atomic E-state index is 11.3. The van der Waals surface area contributed by atoms with Crippen LogP contribution in [0.15, 0.2) is 30.3 Å². The number of hydrogen-bond acceptors (Lipinski definition) is 6. The normalized spacial score (nSPS) is 10.6. The Morgan fingerprint density at radius 3 is 2.61 bits per heavy atom. The number of nitrogens with zero attached hydrogens (tertiary/aromatic N) is 3. The van der Waals surface area contributed by atoms with Crippen LogP contribution >= 0.6 is 0 Å². The van der Waals surface area contributed by atoms with Crippen LogP contribution in [0.25, 0.3) is 0 Å². The quantitative estimate of drug-likeness (QED) is 0.721. The van der Waals surface area contributed by atoms with E-state index in [1.165, 1.54) is 0 Å². The standard InChI is InChI=1S/C16H21N5O2/c1-11-18-14(17-8-9-21(2)3)10-15(19-11)20-13-7-5-4-6-12(13)16(22)23/h4-7,10H,8-9H2,1-3H3,(H,22,23)(H2,17,18,19,20). The zero-order chi connectivity index (χ0) is 16.8. The molecule has 0 aliphatic heterocycles. The molecule has 1 heterocycles. The number of nitrogens with one attached hydrogen (secondary N) is 2. The second kappa shape index (κ2) is 7.55. The van der Waals surface area contributed by atoms with Gasteiger partial charge in [-0.25, -0.2) is 14.8 Å². The summed E-state index contributed by atoms with van der Waals surface area (Å²) in [5, 5.41) is 15.5. The maximum absolute atomic E-state index is 11.3. The number of carboxylic acids is 1. The number of aryl methyl sites for hydroxylation is 1. The summed E-state index contributed by atoms with van der Waals surface area (Å²) >= 11 is 0. The molecule has 3 N–H and O–H groups in total. The molecule has 0 bridgehead atoms. The number of rotatable bonds is 7. The van der Waals surface area contributed by atoms with E-state index in [1.54, 1.807) is 37.3 Å². The van der Waals surface area contributed by atoms with Gasteiger partial charge in [-0.3, -0.25) is 0 Å². The van der Waals surface area contributed by atoms with E-state index in [0.717, 1.165) is 13.1 Å². The van der Waals surface area contributed by atoms with Crippen molar-refractivity contribution in [3.05, 3.63) is 41.7 Å². The monoisotopic (exact) mass is 315 g/mol. The number of carboxylic acid groups (broad SMARTS) is 1. The molecule has 0 atom stereocenters. The second-order valence-corrected chi connectivity index (χ2v) is 5.39. The van der Waals surface area contributed by atoms with Crippen LogP contribution in [0.5, 0.6) is 0 Å². The van der Waals surface area contributed by atoms with Crippen LogP contribution < -0.4 is 10.6 Å². The van der Waals surface area contributed by atoms with Gasteiger partial charge in [-0.2, -0.15) is 0 Å². The smallest absolute Gasteiger partial charge is 0.337 e. The third kappa shape index (κ3) is 4.93. The van der Waals surface area contributed by atoms with Crippen LogP contribution in [0.3, 0.4) is 0 Å². The predicted octanol–water partition coefficient (Wildman–Crippen LogP) is 2.20. The fourth-order valence-electron chi connectivity index (χ4n) is 2.05. The molecule has 122 valence electrons. The van der Waals surface area contributed by atoms with Crippen LogP contribution in [-0.4, -0.2) is 53.1 Å². The van der Waals surface area contributed by atoms with Gasteiger partial charge < -0.3 is 20.6 Å². The average Bonchev–Trinajstić information content (AvgIpc) is 2.46. The molecular formula is C16H21N5O2. The number of para-hydroxylation sites is 1. The van der Waals surface area contributed by atoms with Gasteiger partial charge in [0.2, 0.25) is 0 Å². The van der Waals surface area contributed by atoms with Crippen LogP contribution in [-0.2, 0) is 0 Å². The van der Waals surface area contributed by atoms with Crippen molar-refractivity contribution in [1.82, 2.24) is 14.9 Å². The Balaban J connectivity index is 2.17. The Labute approximate surface area is 135 Å². The summed E-state index contributed by atoms with van der Waals surface area (Å²) in [6.45, 7) is 3.44. The summed E-state index contributed by atoms with van der Waals surface area (Å²) in [4.78, 5) is 22.0. The summed E-state index contributed by atoms with van der Waals surface area (Å²) in [5.41, 5.74) is 0.697. The minimum atomic E-state index is -0.983. The van der Waals surface area contributed by atoms with Gasteiger partial charge in [0.05, 0.1) is 11.3 Å². The first-order chi connectivity index (χ1) is 11.0. The van der Waals surface area contributed by atoms with Crippen molar-refractivity contribution in [2.45, 2.75) is 6.92 Å². The van der Waals surface area contributed by atoms with Gasteiger partial charge in [-0.15, -0.1) is 0 Å². The second-order valence-electron chi connectivity index (χ2n) is 5.39. The molecule has 0 fully saturated rings. The van der Waals surface area contributed by atoms with Crippen molar-refractivity contribution in [2.24, 2.45) is 0 Å². The van der Waals surface area contributed by atoms with Gasteiger partial charge in [0.15, 0.2) is 0 Å². The maximum Gasteiger partial charge on any atom is 0.337 e. The molecule has 7 nitrogen and oxygen atoms in total. The number of anilines is 3. The Hall–Kier alpha value is -2.67. The number of carbonyl (C=O) groups is 1. The SMILES string of the molecule is Cc1nc(NCCN(C)C)cc(Nc2ccccc2C(=O)O)n1. The fraction of sp³-hybridized carbons (Fsp3) is 0.312. The Morgan fingerprint density at radius 1 is 1.22 bits per heavy atom. The molecular weight excluding hydrogens is 294 g/mol. The van der Waals surface area contributed by atoms with E-state index in [0.29, 0.717) is 23.1 Å². The number of likely N-dealkylation sites (N-methyl/N-ethyl adjacent to an activating group) is 1. The molecule has 0 amide bonds. The molecule has 1 aromatic carbocycles. The number of aromatic nitrogens is 2. The van der Waals surface area contributed by atoms with E-state index in [-0.39, 0.29) is 5.56 Å². The van der Waals surface area contributed by atoms with Crippen molar-refractivity contribution in [1.29, 1.82) is 0 Å². The highest BCUT2D eigenvalue weighted by atomic mass is 16.4. The summed E-state index contributed by atoms with van der Waals surface area (Å²) in [6, 6.07) is 8.49. The van der Waals surface area contributed by atoms with Crippen molar-refractivity contribution in [2.75, 3.05) is 37.8 Å². The molecule has 23 heavy (non-hydrogen) atoms. The summed E-state index contributed by atoms with van der Waals surface area (Å²) in [5.74, 6) is 0.881. The Morgan fingerprint density at radius 2 is 1.91 bits per heavy atom. The summed E-state index contributed by atoms with van der Waals surface area (Å²) < 4.78 is 0. The van der Waals surface area contributed by atoms with E-state index in [9.17, 15) is 9.90 Å². The summed E-state index contributed by atoms with van der Waals surface area (Å²) in [6.07, 6.45) is 0. The lowest BCUT2D eigenvalue weighted by atomic mass is 10.2. The van der Waals surface area contributed by atoms with Crippen molar-refractivity contribution in [3.63, 3.8) is 0 Å². The molecule has 0 aliphatic carbocycles. The van der Waals surface area contributed by atoms with Gasteiger partial charge >= 0.3 is 5.97 Å². The molecule has 2 rings (SSSR count). The van der Waals surface area contributed by atoms with Crippen LogP contribution in [0.4, 0.5) is 17.3 Å². The fourth-order valence-corrected chi connectivity index (χ4v) is 2.05. The van der Waals surface area contributed by atoms with Crippen molar-refractivity contribution < 1.29 is 9.90 Å². The molecule has 0 unspecified atom stereocenters. The van der Waals surface area contributed by atoms with Crippen LogP contribution in [0, 0.1) is 6.92 Å². The molecule has 0 radical (unpaired) electrons. The topological polar surface area (TPSA) is 90.4 Å². The van der Waals surface area contributed by atoms with Gasteiger partial charge in [0, 0.05) is 19.2 Å². The van der Waals surface area contributed by atoms with Crippen LogP contribution in [0.2, 0.25) is 0 Å². The first kappa shape index (κ1) is 16.7. The third-order valence-corrected chi connectivity index (χ3v) is 3.12. The predicted molar refractivity (Wildman–Crippen MR) is 90.5 cm³/mol. The molecule has 2 aromatic rings. The molecule has 0 spiro atoms. The van der Waals surface area contributed by atoms with E-state index < -0.39 is 5.97 Å². The first-order valence-corrected chi connectivity index (χ1v) is 7.29. The molecule has 0 saturated carbocycles. The minimum Gasteiger partial charge on any atom is -0.478 e. The lowest BCUT2D eigenvalue weighted by molar-refractivity contribution is 0.0698. The number of aromatic carboxylic acids is 1. The Bertz CT molecular complexity index is 688. The first-order valence-electron chi connectivity index (χ1n) is 7.29. The largest absolute Gasteiger partial charge is 0.478 e. The van der Waals surface area contributed by atoms with E-state index in [4.69, 9.17) is 0 Å². The average molecular weight is 315 g/mol. The number of hydrogen-bond donors (Lipinski definition) is 3. The lowest BCUT2D eigenvalue weighted by Crippen LogP contribution is -2.21. The highest BCUT2D eigenvalue weighted by Crippen LogP contribution is 2.21. The van der Waals surface area contributed by atoms with Crippen molar-refractivity contribution >= 4 is 23.3 Å². The van der Waals surface area contributed by atoms with Gasteiger partial charge in [-0.05, 0) is 33.2 Å². The molecule has 0 aliphatic rings. The van der Waals surface area contributed by atoms with E-state index in [2.05, 4.69) is 25.5 Å². The molecule has 1 aromatic heterocycles. The van der Waals surface area contributed by atoms with Gasteiger partial charge in [0.1, 0.15) is 17.5 Å². The summed E-state index contributed by atoms with van der Waals surface area (Å²) in [7, 11) is 4.01. The van der Waals surface area contributed by atoms with Gasteiger partial charge in [-0.1, -0.05) is 12.1 Å². The zero-order valence-corrected chi connectivity index (χ0v) is 13.5. The van der Waals surface area contributed by atoms with E-state index >= 15 is 0 Å². The lowest BCUT2D eigenvalue weighted by Gasteiger charge is -2.13. The zero-order valence-electron chi connectivity index (χ0n) is 13.5. The Kier molecular flexibility index (Phi) is 5.48. The number of benzene rings is 1. The highest BCUT2D eigenvalue weighted by Gasteiger charge is 2.10. The minimum absolute atomic E-state index is 0.200. The van der Waals surface area contributed by atoms with Crippen LogP contribution in [0.1, 0.15) is 16.2 Å². The van der Waals surface area contributed by atoms with Crippen molar-refractivity contribution in [3.8, 4) is 0 Å².